The second-order valence-corrected chi connectivity index (χ2v) is 13.2. The van der Waals surface area contributed by atoms with Gasteiger partial charge in [0, 0.05) is 43.8 Å². The Morgan fingerprint density at radius 2 is 0.923 bits per heavy atom. The summed E-state index contributed by atoms with van der Waals surface area (Å²) in [6.07, 6.45) is 0. The Bertz CT molecular complexity index is 3120. The van der Waals surface area contributed by atoms with Gasteiger partial charge in [0.05, 0.1) is 0 Å². The van der Waals surface area contributed by atoms with E-state index >= 15 is 0 Å². The number of hydrogen-bond acceptors (Lipinski definition) is 5. The molecule has 0 N–H and O–H groups in total. The van der Waals surface area contributed by atoms with Gasteiger partial charge in [-0.05, 0) is 63.5 Å². The average Bonchev–Trinajstić information content (AvgIpc) is 3.76. The van der Waals surface area contributed by atoms with Crippen molar-refractivity contribution in [3.05, 3.63) is 164 Å². The smallest absolute Gasteiger partial charge is 0.164 e. The second-order valence-electron chi connectivity index (χ2n) is 13.2. The van der Waals surface area contributed by atoms with Crippen LogP contribution >= 0.6 is 0 Å². The van der Waals surface area contributed by atoms with Crippen LogP contribution in [0.25, 0.3) is 111 Å². The molecule has 3 aromatic heterocycles. The van der Waals surface area contributed by atoms with E-state index in [0.717, 1.165) is 82.5 Å². The van der Waals surface area contributed by atoms with Gasteiger partial charge >= 0.3 is 0 Å². The third-order valence-electron chi connectivity index (χ3n) is 10.1. The summed E-state index contributed by atoms with van der Waals surface area (Å²) in [5.41, 5.74) is 8.28. The van der Waals surface area contributed by atoms with E-state index in [4.69, 9.17) is 23.8 Å². The SMILES string of the molecule is c1ccc(-c2nc(-c3ccccc3)nc(-c3cccc4oc5cc6ccc(-c7cccc8c7oc7cc9ccccc9cc78)cc6cc5c34)n2)cc1. The summed E-state index contributed by atoms with van der Waals surface area (Å²) >= 11 is 0. The zero-order valence-electron chi connectivity index (χ0n) is 27.7. The summed E-state index contributed by atoms with van der Waals surface area (Å²) in [6, 6.07) is 56.3. The van der Waals surface area contributed by atoms with E-state index in [-0.39, 0.29) is 0 Å². The third kappa shape index (κ3) is 4.53. The van der Waals surface area contributed by atoms with Crippen molar-refractivity contribution in [1.82, 2.24) is 15.0 Å². The highest BCUT2D eigenvalue weighted by molar-refractivity contribution is 6.16. The average molecular weight is 666 g/mol. The maximum atomic E-state index is 6.59. The summed E-state index contributed by atoms with van der Waals surface area (Å²) < 4.78 is 13.1. The van der Waals surface area contributed by atoms with Gasteiger partial charge in [0.15, 0.2) is 17.5 Å². The van der Waals surface area contributed by atoms with Gasteiger partial charge in [-0.25, -0.2) is 15.0 Å². The topological polar surface area (TPSA) is 65.0 Å². The zero-order valence-corrected chi connectivity index (χ0v) is 27.7. The number of benzene rings is 8. The molecular formula is C47H27N3O2. The fourth-order valence-corrected chi connectivity index (χ4v) is 7.56. The molecule has 8 aromatic carbocycles. The summed E-state index contributed by atoms with van der Waals surface area (Å²) in [4.78, 5) is 15.0. The van der Waals surface area contributed by atoms with Gasteiger partial charge in [0.25, 0.3) is 0 Å². The lowest BCUT2D eigenvalue weighted by molar-refractivity contribution is 0.669. The summed E-state index contributed by atoms with van der Waals surface area (Å²) in [5.74, 6) is 1.84. The van der Waals surface area contributed by atoms with Crippen molar-refractivity contribution in [2.75, 3.05) is 0 Å². The molecule has 0 radical (unpaired) electrons. The summed E-state index contributed by atoms with van der Waals surface area (Å²) in [7, 11) is 0. The number of rotatable bonds is 4. The van der Waals surface area contributed by atoms with E-state index in [1.165, 1.54) is 10.8 Å². The zero-order chi connectivity index (χ0) is 34.2. The highest BCUT2D eigenvalue weighted by Crippen LogP contribution is 2.41. The van der Waals surface area contributed by atoms with Gasteiger partial charge < -0.3 is 8.83 Å². The Morgan fingerprint density at radius 1 is 0.327 bits per heavy atom. The van der Waals surface area contributed by atoms with E-state index < -0.39 is 0 Å². The third-order valence-corrected chi connectivity index (χ3v) is 10.1. The first-order chi connectivity index (χ1) is 25.7. The van der Waals surface area contributed by atoms with Crippen LogP contribution in [0.3, 0.4) is 0 Å². The van der Waals surface area contributed by atoms with E-state index in [1.54, 1.807) is 0 Å². The Balaban J connectivity index is 1.10. The van der Waals surface area contributed by atoms with Crippen LogP contribution in [-0.4, -0.2) is 15.0 Å². The minimum Gasteiger partial charge on any atom is -0.456 e. The van der Waals surface area contributed by atoms with Crippen molar-refractivity contribution >= 4 is 65.4 Å². The first-order valence-electron chi connectivity index (χ1n) is 17.3. The highest BCUT2D eigenvalue weighted by atomic mass is 16.3. The van der Waals surface area contributed by atoms with Crippen LogP contribution in [0.4, 0.5) is 0 Å². The maximum Gasteiger partial charge on any atom is 0.164 e. The van der Waals surface area contributed by atoms with Crippen LogP contribution in [-0.2, 0) is 0 Å². The molecule has 0 aliphatic rings. The monoisotopic (exact) mass is 665 g/mol. The molecule has 0 spiro atoms. The van der Waals surface area contributed by atoms with Gasteiger partial charge in [0.1, 0.15) is 22.3 Å². The van der Waals surface area contributed by atoms with Crippen molar-refractivity contribution < 1.29 is 8.83 Å². The standard InChI is InChI=1S/C47H27N3O2/c1-3-11-28(12-4-1)45-48-46(29-13-5-2-6-14-29)50-47(49-45)37-19-10-20-40-43(37)39-25-34-23-33(22-21-32(34)27-42(39)51-40)35-17-9-18-36-38-24-30-15-7-8-16-31(30)26-41(38)52-44(35)36/h1-27H. The molecule has 0 saturated heterocycles. The normalized spacial score (nSPS) is 11.8. The van der Waals surface area contributed by atoms with Crippen LogP contribution in [0.5, 0.6) is 0 Å². The number of para-hydroxylation sites is 1. The predicted octanol–water partition coefficient (Wildman–Crippen LogP) is 12.6. The van der Waals surface area contributed by atoms with Gasteiger partial charge in [-0.3, -0.25) is 0 Å². The molecule has 5 nitrogen and oxygen atoms in total. The number of fused-ring (bicyclic) bond motifs is 8. The van der Waals surface area contributed by atoms with Gasteiger partial charge in [-0.15, -0.1) is 0 Å². The van der Waals surface area contributed by atoms with Gasteiger partial charge in [-0.1, -0.05) is 127 Å². The van der Waals surface area contributed by atoms with Crippen molar-refractivity contribution in [2.45, 2.75) is 0 Å². The lowest BCUT2D eigenvalue weighted by Gasteiger charge is -2.09. The Labute approximate surface area is 297 Å². The first kappa shape index (κ1) is 28.7. The lowest BCUT2D eigenvalue weighted by Crippen LogP contribution is -2.00. The van der Waals surface area contributed by atoms with Crippen LogP contribution in [0.2, 0.25) is 0 Å². The molecule has 0 fully saturated rings. The van der Waals surface area contributed by atoms with Crippen LogP contribution in [0.15, 0.2) is 173 Å². The quantitative estimate of drug-likeness (QED) is 0.187. The summed E-state index contributed by atoms with van der Waals surface area (Å²) in [5, 5.41) is 8.79. The van der Waals surface area contributed by atoms with E-state index in [1.807, 2.05) is 72.8 Å². The molecule has 5 heteroatoms. The number of nitrogens with zero attached hydrogens (tertiary/aromatic N) is 3. The van der Waals surface area contributed by atoms with Crippen molar-refractivity contribution in [3.8, 4) is 45.3 Å². The molecule has 242 valence electrons. The fourth-order valence-electron chi connectivity index (χ4n) is 7.56. The van der Waals surface area contributed by atoms with E-state index in [2.05, 4.69) is 91.0 Å². The maximum absolute atomic E-state index is 6.59. The molecular weight excluding hydrogens is 639 g/mol. The minimum absolute atomic E-state index is 0.596. The van der Waals surface area contributed by atoms with Crippen LogP contribution < -0.4 is 0 Å². The number of furan rings is 2. The Hall–Kier alpha value is -7.11. The van der Waals surface area contributed by atoms with Crippen molar-refractivity contribution in [3.63, 3.8) is 0 Å². The van der Waals surface area contributed by atoms with E-state index in [9.17, 15) is 0 Å². The molecule has 0 aliphatic carbocycles. The predicted molar refractivity (Wildman–Crippen MR) is 211 cm³/mol. The highest BCUT2D eigenvalue weighted by Gasteiger charge is 2.19. The largest absolute Gasteiger partial charge is 0.456 e. The molecule has 0 atom stereocenters. The lowest BCUT2D eigenvalue weighted by atomic mass is 9.97. The molecule has 0 saturated carbocycles. The van der Waals surface area contributed by atoms with Crippen molar-refractivity contribution in [2.24, 2.45) is 0 Å². The molecule has 11 aromatic rings. The molecule has 0 bridgehead atoms. The number of aromatic nitrogens is 3. The number of hydrogen-bond donors (Lipinski definition) is 0. The first-order valence-corrected chi connectivity index (χ1v) is 17.3. The fraction of sp³-hybridized carbons (Fsp3) is 0. The van der Waals surface area contributed by atoms with Crippen LogP contribution in [0.1, 0.15) is 0 Å². The molecule has 52 heavy (non-hydrogen) atoms. The molecule has 0 amide bonds. The minimum atomic E-state index is 0.596. The molecule has 11 rings (SSSR count). The Morgan fingerprint density at radius 3 is 1.67 bits per heavy atom. The molecule has 3 heterocycles. The molecule has 0 aliphatic heterocycles. The summed E-state index contributed by atoms with van der Waals surface area (Å²) in [6.45, 7) is 0. The van der Waals surface area contributed by atoms with Crippen molar-refractivity contribution in [1.29, 1.82) is 0 Å². The van der Waals surface area contributed by atoms with Gasteiger partial charge in [0.2, 0.25) is 0 Å². The molecule has 0 unspecified atom stereocenters. The van der Waals surface area contributed by atoms with Crippen LogP contribution in [0, 0.1) is 0 Å². The second kappa shape index (κ2) is 11.2. The van der Waals surface area contributed by atoms with E-state index in [0.29, 0.717) is 17.5 Å². The Kier molecular flexibility index (Phi) is 6.18. The van der Waals surface area contributed by atoms with Gasteiger partial charge in [-0.2, -0.15) is 0 Å².